The van der Waals surface area contributed by atoms with E-state index in [1.807, 2.05) is 9.47 Å². The predicted octanol–water partition coefficient (Wildman–Crippen LogP) is 3.51. The van der Waals surface area contributed by atoms with Crippen molar-refractivity contribution < 1.29 is 19.0 Å². The van der Waals surface area contributed by atoms with Gasteiger partial charge >= 0.3 is 0 Å². The summed E-state index contributed by atoms with van der Waals surface area (Å²) in [5, 5.41) is 13.0. The molecule has 0 radical (unpaired) electrons. The second-order valence-corrected chi connectivity index (χ2v) is 8.87. The van der Waals surface area contributed by atoms with Crippen molar-refractivity contribution in [1.82, 2.24) is 19.8 Å². The number of hydrogen-bond donors (Lipinski definition) is 2. The quantitative estimate of drug-likeness (QED) is 0.482. The van der Waals surface area contributed by atoms with E-state index in [0.717, 1.165) is 25.8 Å². The van der Waals surface area contributed by atoms with Gasteiger partial charge in [-0.2, -0.15) is 0 Å². The van der Waals surface area contributed by atoms with Crippen LogP contribution < -0.4 is 5.32 Å². The van der Waals surface area contributed by atoms with Gasteiger partial charge in [-0.05, 0) is 49.3 Å². The summed E-state index contributed by atoms with van der Waals surface area (Å²) in [5.41, 5.74) is 1.26. The molecular weight excluding hydrogens is 470 g/mol. The lowest BCUT2D eigenvalue weighted by Crippen LogP contribution is -2.53. The van der Waals surface area contributed by atoms with Gasteiger partial charge in [0.1, 0.15) is 5.82 Å². The molecule has 1 aliphatic heterocycles. The standard InChI is InChI=1S/C23H35FN4O3.2ClH/c1-16(2)14-28(19-10-17(15-29)12-25-13-19)23(30)22-26-20-7-6-18(24)11-21(20)27(22)8-4-5-9-31-3;;/h6-7,11,16-17,19,25,29H,4-5,8-10,12-15H2,1-3H3;2*1H/t17-,19+;;/m1../s1. The Hall–Kier alpha value is -1.45. The molecule has 1 aliphatic rings. The normalized spacial score (nSPS) is 18.1. The summed E-state index contributed by atoms with van der Waals surface area (Å²) in [6.07, 6.45) is 2.40. The number of benzene rings is 1. The summed E-state index contributed by atoms with van der Waals surface area (Å²) < 4.78 is 21.0. The van der Waals surface area contributed by atoms with Crippen molar-refractivity contribution in [2.45, 2.75) is 45.7 Å². The number of hydrogen-bond acceptors (Lipinski definition) is 5. The van der Waals surface area contributed by atoms with Crippen molar-refractivity contribution >= 4 is 41.8 Å². The largest absolute Gasteiger partial charge is 0.396 e. The van der Waals surface area contributed by atoms with Crippen LogP contribution in [-0.2, 0) is 11.3 Å². The van der Waals surface area contributed by atoms with Crippen LogP contribution in [0, 0.1) is 17.7 Å². The first-order chi connectivity index (χ1) is 14.9. The van der Waals surface area contributed by atoms with Crippen LogP contribution in [0.4, 0.5) is 4.39 Å². The van der Waals surface area contributed by atoms with Crippen molar-refractivity contribution in [2.75, 3.05) is 40.0 Å². The van der Waals surface area contributed by atoms with Gasteiger partial charge in [0.05, 0.1) is 11.0 Å². The summed E-state index contributed by atoms with van der Waals surface area (Å²) in [5.74, 6) is 0.289. The molecule has 3 rings (SSSR count). The van der Waals surface area contributed by atoms with Gasteiger partial charge in [-0.3, -0.25) is 4.79 Å². The first-order valence-corrected chi connectivity index (χ1v) is 11.2. The third kappa shape index (κ3) is 7.52. The number of rotatable bonds is 10. The first kappa shape index (κ1) is 29.6. The molecule has 1 fully saturated rings. The molecule has 188 valence electrons. The Morgan fingerprint density at radius 3 is 2.76 bits per heavy atom. The summed E-state index contributed by atoms with van der Waals surface area (Å²) in [6, 6.07) is 4.44. The van der Waals surface area contributed by atoms with Gasteiger partial charge in [-0.15, -0.1) is 24.8 Å². The number of ether oxygens (including phenoxy) is 1. The number of unbranched alkanes of at least 4 members (excludes halogenated alkanes) is 1. The number of aliphatic hydroxyl groups excluding tert-OH is 1. The predicted molar refractivity (Wildman–Crippen MR) is 133 cm³/mol. The van der Waals surface area contributed by atoms with Crippen LogP contribution in [-0.4, -0.2) is 71.5 Å². The highest BCUT2D eigenvalue weighted by Gasteiger charge is 2.32. The number of carbonyl (C=O) groups excluding carboxylic acids is 1. The lowest BCUT2D eigenvalue weighted by atomic mass is 9.94. The number of aliphatic hydroxyl groups is 1. The number of methoxy groups -OCH3 is 1. The van der Waals surface area contributed by atoms with Gasteiger partial charge < -0.3 is 24.6 Å². The fourth-order valence-corrected chi connectivity index (χ4v) is 4.30. The maximum absolute atomic E-state index is 14.0. The molecule has 1 saturated heterocycles. The Morgan fingerprint density at radius 2 is 2.09 bits per heavy atom. The molecule has 0 aliphatic carbocycles. The Bertz CT molecular complexity index is 881. The molecule has 1 aromatic heterocycles. The Labute approximate surface area is 207 Å². The number of halogens is 3. The number of fused-ring (bicyclic) bond motifs is 1. The van der Waals surface area contributed by atoms with E-state index < -0.39 is 0 Å². The summed E-state index contributed by atoms with van der Waals surface area (Å²) in [4.78, 5) is 20.3. The smallest absolute Gasteiger partial charge is 0.290 e. The number of aryl methyl sites for hydroxylation is 1. The molecule has 2 aromatic rings. The van der Waals surface area contributed by atoms with E-state index in [9.17, 15) is 14.3 Å². The Morgan fingerprint density at radius 1 is 1.33 bits per heavy atom. The summed E-state index contributed by atoms with van der Waals surface area (Å²) >= 11 is 0. The van der Waals surface area contributed by atoms with Gasteiger partial charge in [-0.25, -0.2) is 9.37 Å². The zero-order valence-electron chi connectivity index (χ0n) is 19.6. The molecule has 0 saturated carbocycles. The molecule has 1 aromatic carbocycles. The molecule has 0 spiro atoms. The van der Waals surface area contributed by atoms with E-state index in [1.54, 1.807) is 13.2 Å². The monoisotopic (exact) mass is 506 g/mol. The van der Waals surface area contributed by atoms with Crippen LogP contribution in [0.1, 0.15) is 43.7 Å². The number of aromatic nitrogens is 2. The molecular formula is C23H37Cl2FN4O3. The van der Waals surface area contributed by atoms with E-state index in [2.05, 4.69) is 24.1 Å². The van der Waals surface area contributed by atoms with Crippen molar-refractivity contribution in [1.29, 1.82) is 0 Å². The van der Waals surface area contributed by atoms with Gasteiger partial charge in [0, 0.05) is 52.5 Å². The van der Waals surface area contributed by atoms with E-state index in [-0.39, 0.29) is 61.0 Å². The molecule has 7 nitrogen and oxygen atoms in total. The Kier molecular flexibility index (Phi) is 12.6. The summed E-state index contributed by atoms with van der Waals surface area (Å²) in [7, 11) is 1.67. The molecule has 1 amide bonds. The Balaban J connectivity index is 0.00000272. The molecule has 0 bridgehead atoms. The molecule has 2 heterocycles. The zero-order valence-corrected chi connectivity index (χ0v) is 21.3. The highest BCUT2D eigenvalue weighted by Crippen LogP contribution is 2.23. The average Bonchev–Trinajstić information content (AvgIpc) is 3.12. The molecule has 10 heteroatoms. The lowest BCUT2D eigenvalue weighted by Gasteiger charge is -2.38. The lowest BCUT2D eigenvalue weighted by molar-refractivity contribution is 0.0537. The number of nitrogens with zero attached hydrogens (tertiary/aromatic N) is 3. The van der Waals surface area contributed by atoms with Crippen molar-refractivity contribution in [3.8, 4) is 0 Å². The third-order valence-electron chi connectivity index (χ3n) is 5.82. The van der Waals surface area contributed by atoms with Crippen LogP contribution in [0.15, 0.2) is 18.2 Å². The highest BCUT2D eigenvalue weighted by molar-refractivity contribution is 5.95. The molecule has 33 heavy (non-hydrogen) atoms. The SMILES string of the molecule is COCCCCn1c(C(=O)N(CC(C)C)[C@@H]2CNC[C@H](CO)C2)nc2ccc(F)cc21.Cl.Cl. The first-order valence-electron chi connectivity index (χ1n) is 11.2. The number of nitrogens with one attached hydrogen (secondary N) is 1. The van der Waals surface area contributed by atoms with Gasteiger partial charge in [0.15, 0.2) is 5.82 Å². The number of piperidine rings is 1. The number of amides is 1. The van der Waals surface area contributed by atoms with Gasteiger partial charge in [0.25, 0.3) is 5.91 Å². The number of imidazole rings is 1. The zero-order chi connectivity index (χ0) is 22.4. The molecule has 2 atom stereocenters. The average molecular weight is 507 g/mol. The minimum Gasteiger partial charge on any atom is -0.396 e. The van der Waals surface area contributed by atoms with E-state index in [4.69, 9.17) is 4.74 Å². The van der Waals surface area contributed by atoms with Crippen LogP contribution in [0.25, 0.3) is 11.0 Å². The topological polar surface area (TPSA) is 79.6 Å². The van der Waals surface area contributed by atoms with Gasteiger partial charge in [0.2, 0.25) is 0 Å². The van der Waals surface area contributed by atoms with Crippen LogP contribution in [0.5, 0.6) is 0 Å². The fraction of sp³-hybridized carbons (Fsp3) is 0.652. The maximum atomic E-state index is 14.0. The minimum absolute atomic E-state index is 0. The third-order valence-corrected chi connectivity index (χ3v) is 5.82. The van der Waals surface area contributed by atoms with Gasteiger partial charge in [-0.1, -0.05) is 13.8 Å². The van der Waals surface area contributed by atoms with Crippen LogP contribution in [0.2, 0.25) is 0 Å². The van der Waals surface area contributed by atoms with Crippen molar-refractivity contribution in [3.05, 3.63) is 29.8 Å². The minimum atomic E-state index is -0.342. The van der Waals surface area contributed by atoms with E-state index >= 15 is 0 Å². The number of carbonyl (C=O) groups is 1. The van der Waals surface area contributed by atoms with E-state index in [0.29, 0.717) is 43.1 Å². The molecule has 0 unspecified atom stereocenters. The van der Waals surface area contributed by atoms with Crippen molar-refractivity contribution in [2.24, 2.45) is 11.8 Å². The molecule has 2 N–H and O–H groups in total. The van der Waals surface area contributed by atoms with Crippen molar-refractivity contribution in [3.63, 3.8) is 0 Å². The van der Waals surface area contributed by atoms with Crippen LogP contribution in [0.3, 0.4) is 0 Å². The van der Waals surface area contributed by atoms with Crippen LogP contribution >= 0.6 is 24.8 Å². The summed E-state index contributed by atoms with van der Waals surface area (Å²) in [6.45, 7) is 7.54. The fourth-order valence-electron chi connectivity index (χ4n) is 4.30. The highest BCUT2D eigenvalue weighted by atomic mass is 35.5. The maximum Gasteiger partial charge on any atom is 0.290 e. The second-order valence-electron chi connectivity index (χ2n) is 8.87. The second kappa shape index (κ2) is 14.1. The van der Waals surface area contributed by atoms with E-state index in [1.165, 1.54) is 12.1 Å².